The van der Waals surface area contributed by atoms with E-state index in [1.165, 1.54) is 25.7 Å². The molecule has 0 aromatic heterocycles. The standard InChI is InChI=1S/C16H21NO2.ClH/c18-16(19-11-12-6-2-1-3-7-12)15-10-13-8-4-5-9-14(13)17-15;/h1-3,6-7,13-15,17H,4-5,8-11H2;1H/t13-,14-,15-;/m0./s1. The van der Waals surface area contributed by atoms with Crippen molar-refractivity contribution in [3.05, 3.63) is 35.9 Å². The molecule has 0 unspecified atom stereocenters. The van der Waals surface area contributed by atoms with E-state index in [0.29, 0.717) is 18.6 Å². The summed E-state index contributed by atoms with van der Waals surface area (Å²) < 4.78 is 5.42. The van der Waals surface area contributed by atoms with E-state index >= 15 is 0 Å². The molecule has 1 saturated carbocycles. The van der Waals surface area contributed by atoms with E-state index in [9.17, 15) is 4.79 Å². The summed E-state index contributed by atoms with van der Waals surface area (Å²) in [7, 11) is 0. The maximum atomic E-state index is 12.1. The molecule has 0 amide bonds. The number of hydrogen-bond donors (Lipinski definition) is 1. The van der Waals surface area contributed by atoms with Crippen molar-refractivity contribution in [2.75, 3.05) is 0 Å². The van der Waals surface area contributed by atoms with E-state index in [2.05, 4.69) is 5.32 Å². The fourth-order valence-corrected chi connectivity index (χ4v) is 3.33. The van der Waals surface area contributed by atoms with Gasteiger partial charge in [-0.3, -0.25) is 4.79 Å². The zero-order valence-corrected chi connectivity index (χ0v) is 12.4. The molecule has 3 atom stereocenters. The molecule has 3 nitrogen and oxygen atoms in total. The molecule has 2 fully saturated rings. The van der Waals surface area contributed by atoms with E-state index < -0.39 is 0 Å². The molecule has 4 heteroatoms. The van der Waals surface area contributed by atoms with Gasteiger partial charge in [-0.05, 0) is 30.7 Å². The zero-order chi connectivity index (χ0) is 13.1. The number of hydrogen-bond acceptors (Lipinski definition) is 3. The molecule has 20 heavy (non-hydrogen) atoms. The lowest BCUT2D eigenvalue weighted by atomic mass is 9.85. The van der Waals surface area contributed by atoms with Gasteiger partial charge in [-0.1, -0.05) is 43.2 Å². The average Bonchev–Trinajstić information content (AvgIpc) is 2.90. The lowest BCUT2D eigenvalue weighted by Gasteiger charge is -2.24. The number of benzene rings is 1. The summed E-state index contributed by atoms with van der Waals surface area (Å²) in [6, 6.07) is 10.3. The Balaban J connectivity index is 0.00000147. The third-order valence-electron chi connectivity index (χ3n) is 4.37. The van der Waals surface area contributed by atoms with Gasteiger partial charge in [-0.2, -0.15) is 0 Å². The topological polar surface area (TPSA) is 38.3 Å². The first-order chi connectivity index (χ1) is 9.33. The van der Waals surface area contributed by atoms with Crippen molar-refractivity contribution in [2.45, 2.75) is 50.8 Å². The summed E-state index contributed by atoms with van der Waals surface area (Å²) in [5.74, 6) is 0.598. The largest absolute Gasteiger partial charge is 0.460 e. The first-order valence-corrected chi connectivity index (χ1v) is 7.29. The van der Waals surface area contributed by atoms with Crippen LogP contribution in [-0.4, -0.2) is 18.1 Å². The summed E-state index contributed by atoms with van der Waals surface area (Å²) in [6.45, 7) is 0.382. The van der Waals surface area contributed by atoms with Crippen LogP contribution in [0.25, 0.3) is 0 Å². The van der Waals surface area contributed by atoms with Crippen LogP contribution in [0.1, 0.15) is 37.7 Å². The maximum absolute atomic E-state index is 12.1. The third-order valence-corrected chi connectivity index (χ3v) is 4.37. The minimum absolute atomic E-state index is 0. The highest BCUT2D eigenvalue weighted by Crippen LogP contribution is 2.33. The molecule has 110 valence electrons. The van der Waals surface area contributed by atoms with Crippen molar-refractivity contribution >= 4 is 18.4 Å². The normalized spacial score (nSPS) is 28.3. The van der Waals surface area contributed by atoms with Gasteiger partial charge in [0.25, 0.3) is 0 Å². The fourth-order valence-electron chi connectivity index (χ4n) is 3.33. The predicted molar refractivity (Wildman–Crippen MR) is 80.8 cm³/mol. The minimum Gasteiger partial charge on any atom is -0.460 e. The quantitative estimate of drug-likeness (QED) is 0.871. The highest BCUT2D eigenvalue weighted by atomic mass is 35.5. The number of carbonyl (C=O) groups excluding carboxylic acids is 1. The lowest BCUT2D eigenvalue weighted by Crippen LogP contribution is -2.37. The molecule has 1 aromatic carbocycles. The molecule has 1 saturated heterocycles. The van der Waals surface area contributed by atoms with Crippen molar-refractivity contribution in [3.8, 4) is 0 Å². The molecular weight excluding hydrogens is 274 g/mol. The Kier molecular flexibility index (Phi) is 5.44. The van der Waals surface area contributed by atoms with E-state index in [4.69, 9.17) is 4.74 Å². The van der Waals surface area contributed by atoms with Crippen LogP contribution in [0.3, 0.4) is 0 Å². The molecule has 1 heterocycles. The van der Waals surface area contributed by atoms with Gasteiger partial charge in [0.2, 0.25) is 0 Å². The summed E-state index contributed by atoms with van der Waals surface area (Å²) in [4.78, 5) is 12.1. The average molecular weight is 296 g/mol. The third kappa shape index (κ3) is 3.53. The van der Waals surface area contributed by atoms with Gasteiger partial charge in [0.15, 0.2) is 0 Å². The number of nitrogens with one attached hydrogen (secondary N) is 1. The van der Waals surface area contributed by atoms with Crippen LogP contribution in [0.4, 0.5) is 0 Å². The Morgan fingerprint density at radius 3 is 2.70 bits per heavy atom. The number of esters is 1. The van der Waals surface area contributed by atoms with Crippen LogP contribution >= 0.6 is 12.4 Å². The SMILES string of the molecule is Cl.O=C(OCc1ccccc1)[C@@H]1C[C@@H]2CCCC[C@@H]2N1. The van der Waals surface area contributed by atoms with Crippen molar-refractivity contribution in [1.82, 2.24) is 5.32 Å². The van der Waals surface area contributed by atoms with Gasteiger partial charge in [0.1, 0.15) is 12.6 Å². The molecule has 1 aliphatic carbocycles. The van der Waals surface area contributed by atoms with Crippen LogP contribution in [0, 0.1) is 5.92 Å². The van der Waals surface area contributed by atoms with Crippen LogP contribution < -0.4 is 5.32 Å². The van der Waals surface area contributed by atoms with E-state index in [0.717, 1.165) is 12.0 Å². The second-order valence-electron chi connectivity index (χ2n) is 5.70. The number of carbonyl (C=O) groups is 1. The van der Waals surface area contributed by atoms with Crippen molar-refractivity contribution < 1.29 is 9.53 Å². The minimum atomic E-state index is -0.0863. The summed E-state index contributed by atoms with van der Waals surface area (Å²) >= 11 is 0. The number of rotatable bonds is 3. The maximum Gasteiger partial charge on any atom is 0.323 e. The Hall–Kier alpha value is -1.06. The lowest BCUT2D eigenvalue weighted by molar-refractivity contribution is -0.147. The van der Waals surface area contributed by atoms with E-state index in [-0.39, 0.29) is 24.4 Å². The van der Waals surface area contributed by atoms with Gasteiger partial charge >= 0.3 is 5.97 Å². The highest BCUT2D eigenvalue weighted by molar-refractivity contribution is 5.85. The molecular formula is C16H22ClNO2. The summed E-state index contributed by atoms with van der Waals surface area (Å²) in [5.41, 5.74) is 1.05. The molecule has 0 bridgehead atoms. The molecule has 1 N–H and O–H groups in total. The molecule has 0 spiro atoms. The van der Waals surface area contributed by atoms with Gasteiger partial charge < -0.3 is 10.1 Å². The molecule has 1 aromatic rings. The Morgan fingerprint density at radius 1 is 1.20 bits per heavy atom. The predicted octanol–water partition coefficient (Wildman–Crippen LogP) is 3.07. The first-order valence-electron chi connectivity index (χ1n) is 7.29. The Morgan fingerprint density at radius 2 is 1.95 bits per heavy atom. The number of fused-ring (bicyclic) bond motifs is 1. The van der Waals surface area contributed by atoms with Crippen molar-refractivity contribution in [2.24, 2.45) is 5.92 Å². The summed E-state index contributed by atoms with van der Waals surface area (Å²) in [6.07, 6.45) is 6.04. The van der Waals surface area contributed by atoms with Gasteiger partial charge in [0.05, 0.1) is 0 Å². The Bertz CT molecular complexity index is 423. The fraction of sp³-hybridized carbons (Fsp3) is 0.562. The molecule has 1 aliphatic heterocycles. The molecule has 2 aliphatic rings. The molecule has 3 rings (SSSR count). The second kappa shape index (κ2) is 7.09. The highest BCUT2D eigenvalue weighted by Gasteiger charge is 2.38. The van der Waals surface area contributed by atoms with Gasteiger partial charge in [-0.25, -0.2) is 0 Å². The van der Waals surface area contributed by atoms with Crippen LogP contribution in [-0.2, 0) is 16.1 Å². The van der Waals surface area contributed by atoms with Crippen LogP contribution in [0.15, 0.2) is 30.3 Å². The first kappa shape index (κ1) is 15.3. The molecule has 0 radical (unpaired) electrons. The van der Waals surface area contributed by atoms with Gasteiger partial charge in [-0.15, -0.1) is 12.4 Å². The second-order valence-corrected chi connectivity index (χ2v) is 5.70. The van der Waals surface area contributed by atoms with Crippen molar-refractivity contribution in [1.29, 1.82) is 0 Å². The van der Waals surface area contributed by atoms with E-state index in [1.807, 2.05) is 30.3 Å². The van der Waals surface area contributed by atoms with Gasteiger partial charge in [0, 0.05) is 6.04 Å². The van der Waals surface area contributed by atoms with Crippen molar-refractivity contribution in [3.63, 3.8) is 0 Å². The number of halogens is 1. The summed E-state index contributed by atoms with van der Waals surface area (Å²) in [5, 5.41) is 3.45. The zero-order valence-electron chi connectivity index (χ0n) is 11.6. The Labute approximate surface area is 126 Å². The monoisotopic (exact) mass is 295 g/mol. The number of ether oxygens (including phenoxy) is 1. The van der Waals surface area contributed by atoms with Crippen LogP contribution in [0.2, 0.25) is 0 Å². The van der Waals surface area contributed by atoms with E-state index in [1.54, 1.807) is 0 Å². The van der Waals surface area contributed by atoms with Crippen LogP contribution in [0.5, 0.6) is 0 Å². The smallest absolute Gasteiger partial charge is 0.323 e.